The van der Waals surface area contributed by atoms with Crippen LogP contribution in [-0.4, -0.2) is 16.6 Å². The van der Waals surface area contributed by atoms with Crippen molar-refractivity contribution < 1.29 is 0 Å². The Bertz CT molecular complexity index is 563. The lowest BCUT2D eigenvalue weighted by atomic mass is 10.0. The minimum Gasteiger partial charge on any atom is -0.335 e. The number of nitrogens with zero attached hydrogens (tertiary/aromatic N) is 2. The number of aromatic nitrogens is 2. The zero-order chi connectivity index (χ0) is 14.5. The molecular formula is C16H22BrN3. The van der Waals surface area contributed by atoms with Crippen LogP contribution in [0.3, 0.4) is 0 Å². The van der Waals surface area contributed by atoms with Crippen molar-refractivity contribution in [1.82, 2.24) is 14.9 Å². The topological polar surface area (TPSA) is 29.9 Å². The van der Waals surface area contributed by atoms with Crippen LogP contribution >= 0.6 is 15.9 Å². The quantitative estimate of drug-likeness (QED) is 0.868. The zero-order valence-electron chi connectivity index (χ0n) is 12.4. The lowest BCUT2D eigenvalue weighted by Crippen LogP contribution is -2.21. The Balaban J connectivity index is 2.22. The molecule has 1 heterocycles. The van der Waals surface area contributed by atoms with E-state index in [-0.39, 0.29) is 6.04 Å². The first kappa shape index (κ1) is 15.3. The first-order valence-corrected chi connectivity index (χ1v) is 7.88. The molecule has 2 aromatic rings. The second-order valence-electron chi connectivity index (χ2n) is 5.11. The van der Waals surface area contributed by atoms with E-state index >= 15 is 0 Å². The summed E-state index contributed by atoms with van der Waals surface area (Å²) in [5.74, 6) is 1.14. The fourth-order valence-corrected chi connectivity index (χ4v) is 3.21. The van der Waals surface area contributed by atoms with Gasteiger partial charge in [0.2, 0.25) is 0 Å². The van der Waals surface area contributed by atoms with Gasteiger partial charge in [0.05, 0.1) is 0 Å². The summed E-state index contributed by atoms with van der Waals surface area (Å²) in [6, 6.07) is 6.78. The maximum Gasteiger partial charge on any atom is 0.110 e. The van der Waals surface area contributed by atoms with E-state index in [1.807, 2.05) is 13.2 Å². The third-order valence-corrected chi connectivity index (χ3v) is 4.22. The molecule has 0 aliphatic rings. The summed E-state index contributed by atoms with van der Waals surface area (Å²) in [6.45, 7) is 5.33. The van der Waals surface area contributed by atoms with Gasteiger partial charge in [0.1, 0.15) is 5.82 Å². The van der Waals surface area contributed by atoms with Gasteiger partial charge in [0.15, 0.2) is 0 Å². The van der Waals surface area contributed by atoms with E-state index in [0.29, 0.717) is 0 Å². The highest BCUT2D eigenvalue weighted by Crippen LogP contribution is 2.26. The molecule has 0 aliphatic heterocycles. The fraction of sp³-hybridized carbons (Fsp3) is 0.438. The molecule has 0 aliphatic carbocycles. The Morgan fingerprint density at radius 2 is 2.20 bits per heavy atom. The van der Waals surface area contributed by atoms with Crippen molar-refractivity contribution in [3.63, 3.8) is 0 Å². The van der Waals surface area contributed by atoms with E-state index in [1.54, 1.807) is 0 Å². The summed E-state index contributed by atoms with van der Waals surface area (Å²) in [6.07, 6.45) is 5.98. The maximum absolute atomic E-state index is 4.50. The van der Waals surface area contributed by atoms with Gasteiger partial charge < -0.3 is 9.88 Å². The van der Waals surface area contributed by atoms with Gasteiger partial charge in [-0.2, -0.15) is 0 Å². The molecule has 1 atom stereocenters. The van der Waals surface area contributed by atoms with Crippen LogP contribution in [0.25, 0.3) is 0 Å². The number of nitrogens with one attached hydrogen (secondary N) is 1. The summed E-state index contributed by atoms with van der Waals surface area (Å²) >= 11 is 3.67. The van der Waals surface area contributed by atoms with Crippen LogP contribution in [0.5, 0.6) is 0 Å². The second kappa shape index (κ2) is 7.04. The molecule has 1 unspecified atom stereocenters. The first-order valence-electron chi connectivity index (χ1n) is 7.09. The molecule has 20 heavy (non-hydrogen) atoms. The van der Waals surface area contributed by atoms with E-state index in [2.05, 4.69) is 69.0 Å². The van der Waals surface area contributed by atoms with Gasteiger partial charge in [-0.25, -0.2) is 4.98 Å². The average Bonchev–Trinajstić information content (AvgIpc) is 2.84. The van der Waals surface area contributed by atoms with Crippen molar-refractivity contribution in [2.75, 3.05) is 7.05 Å². The number of halogens is 1. The number of hydrogen-bond donors (Lipinski definition) is 1. The number of likely N-dealkylation sites (N-methyl/N-ethyl adjacent to an activating group) is 1. The number of benzene rings is 1. The van der Waals surface area contributed by atoms with Gasteiger partial charge in [-0.1, -0.05) is 35.0 Å². The Hall–Kier alpha value is -1.13. The van der Waals surface area contributed by atoms with Crippen LogP contribution in [0, 0.1) is 6.92 Å². The van der Waals surface area contributed by atoms with Crippen LogP contribution < -0.4 is 5.32 Å². The maximum atomic E-state index is 4.50. The summed E-state index contributed by atoms with van der Waals surface area (Å²) in [5, 5.41) is 3.40. The van der Waals surface area contributed by atoms with E-state index in [0.717, 1.165) is 29.7 Å². The normalized spacial score (nSPS) is 12.6. The number of rotatable bonds is 6. The highest BCUT2D eigenvalue weighted by atomic mass is 79.9. The average molecular weight is 336 g/mol. The summed E-state index contributed by atoms with van der Waals surface area (Å²) < 4.78 is 3.40. The molecule has 1 N–H and O–H groups in total. The predicted octanol–water partition coefficient (Wildman–Crippen LogP) is 3.87. The molecule has 1 aromatic heterocycles. The van der Waals surface area contributed by atoms with Crippen LogP contribution in [0.4, 0.5) is 0 Å². The van der Waals surface area contributed by atoms with Crippen molar-refractivity contribution in [3.8, 4) is 0 Å². The second-order valence-corrected chi connectivity index (χ2v) is 5.96. The predicted molar refractivity (Wildman–Crippen MR) is 86.9 cm³/mol. The van der Waals surface area contributed by atoms with Crippen molar-refractivity contribution >= 4 is 15.9 Å². The molecule has 0 radical (unpaired) electrons. The Morgan fingerprint density at radius 3 is 2.85 bits per heavy atom. The molecule has 0 saturated heterocycles. The minimum atomic E-state index is 0.267. The number of hydrogen-bond acceptors (Lipinski definition) is 2. The third kappa shape index (κ3) is 3.49. The zero-order valence-corrected chi connectivity index (χ0v) is 13.9. The van der Waals surface area contributed by atoms with Crippen LogP contribution in [0.2, 0.25) is 0 Å². The third-order valence-electron chi connectivity index (χ3n) is 3.53. The molecule has 2 rings (SSSR count). The van der Waals surface area contributed by atoms with Crippen molar-refractivity contribution in [2.24, 2.45) is 0 Å². The molecule has 0 amide bonds. The number of imidazole rings is 1. The Labute approximate surface area is 129 Å². The fourth-order valence-electron chi connectivity index (χ4n) is 2.44. The van der Waals surface area contributed by atoms with Gasteiger partial charge in [-0.3, -0.25) is 0 Å². The molecule has 0 saturated carbocycles. The van der Waals surface area contributed by atoms with Gasteiger partial charge in [-0.05, 0) is 37.6 Å². The Morgan fingerprint density at radius 1 is 1.40 bits per heavy atom. The lowest BCUT2D eigenvalue weighted by Gasteiger charge is -2.19. The summed E-state index contributed by atoms with van der Waals surface area (Å²) in [4.78, 5) is 4.50. The highest BCUT2D eigenvalue weighted by Gasteiger charge is 2.16. The van der Waals surface area contributed by atoms with E-state index in [4.69, 9.17) is 0 Å². The van der Waals surface area contributed by atoms with Gasteiger partial charge >= 0.3 is 0 Å². The molecule has 4 heteroatoms. The van der Waals surface area contributed by atoms with E-state index < -0.39 is 0 Å². The molecule has 3 nitrogen and oxygen atoms in total. The van der Waals surface area contributed by atoms with E-state index in [1.165, 1.54) is 11.1 Å². The monoisotopic (exact) mass is 335 g/mol. The van der Waals surface area contributed by atoms with Gasteiger partial charge in [0, 0.05) is 35.9 Å². The standard InChI is InChI=1S/C16H22BrN3/c1-4-8-20-9-7-19-16(20)11-15(18-3)13-6-5-12(2)10-14(13)17/h5-7,9-10,15,18H,4,8,11H2,1-3H3. The van der Waals surface area contributed by atoms with Crippen LogP contribution in [0.15, 0.2) is 35.1 Å². The molecule has 0 bridgehead atoms. The summed E-state index contributed by atoms with van der Waals surface area (Å²) in [7, 11) is 2.00. The van der Waals surface area contributed by atoms with Crippen molar-refractivity contribution in [2.45, 2.75) is 39.3 Å². The van der Waals surface area contributed by atoms with Crippen molar-refractivity contribution in [1.29, 1.82) is 0 Å². The highest BCUT2D eigenvalue weighted by molar-refractivity contribution is 9.10. The van der Waals surface area contributed by atoms with Crippen LogP contribution in [-0.2, 0) is 13.0 Å². The molecule has 0 fully saturated rings. The largest absolute Gasteiger partial charge is 0.335 e. The summed E-state index contributed by atoms with van der Waals surface area (Å²) in [5.41, 5.74) is 2.55. The van der Waals surface area contributed by atoms with Gasteiger partial charge in [0.25, 0.3) is 0 Å². The van der Waals surface area contributed by atoms with Crippen LogP contribution in [0.1, 0.15) is 36.3 Å². The molecule has 1 aromatic carbocycles. The van der Waals surface area contributed by atoms with E-state index in [9.17, 15) is 0 Å². The number of aryl methyl sites for hydroxylation is 2. The lowest BCUT2D eigenvalue weighted by molar-refractivity contribution is 0.541. The smallest absolute Gasteiger partial charge is 0.110 e. The molecular weight excluding hydrogens is 314 g/mol. The minimum absolute atomic E-state index is 0.267. The van der Waals surface area contributed by atoms with Crippen molar-refractivity contribution in [3.05, 3.63) is 52.0 Å². The SMILES string of the molecule is CCCn1ccnc1CC(NC)c1ccc(C)cc1Br. The first-order chi connectivity index (χ1) is 9.65. The Kier molecular flexibility index (Phi) is 5.38. The van der Waals surface area contributed by atoms with Gasteiger partial charge in [-0.15, -0.1) is 0 Å². The molecule has 0 spiro atoms. The molecule has 108 valence electrons.